The van der Waals surface area contributed by atoms with E-state index in [1.807, 2.05) is 54.9 Å². The van der Waals surface area contributed by atoms with Crippen molar-refractivity contribution in [3.8, 4) is 22.8 Å². The molecule has 0 unspecified atom stereocenters. The molecule has 4 aromatic heterocycles. The summed E-state index contributed by atoms with van der Waals surface area (Å²) in [5.41, 5.74) is 6.71. The first-order valence-electron chi connectivity index (χ1n) is 13.0. The zero-order valence-electron chi connectivity index (χ0n) is 21.0. The van der Waals surface area contributed by atoms with Gasteiger partial charge in [-0.1, -0.05) is 78.1 Å². The van der Waals surface area contributed by atoms with Crippen LogP contribution in [0.1, 0.15) is 0 Å². The Bertz CT molecular complexity index is 2440. The van der Waals surface area contributed by atoms with Crippen molar-refractivity contribution in [3.05, 3.63) is 109 Å². The minimum absolute atomic E-state index is 0.653. The molecule has 186 valence electrons. The van der Waals surface area contributed by atoms with Crippen molar-refractivity contribution in [2.24, 2.45) is 0 Å². The molecule has 0 aliphatic rings. The topological polar surface area (TPSA) is 68.9 Å². The molecule has 0 fully saturated rings. The third-order valence-electron chi connectivity index (χ3n) is 7.53. The molecule has 4 heterocycles. The number of rotatable bonds is 2. The van der Waals surface area contributed by atoms with Crippen LogP contribution in [-0.4, -0.2) is 29.3 Å². The Kier molecular flexibility index (Phi) is 4.39. The molecular formula is C33H18N6S. The van der Waals surface area contributed by atoms with Crippen LogP contribution in [0.4, 0.5) is 0 Å². The molecule has 0 saturated heterocycles. The smallest absolute Gasteiger partial charge is 0.195 e. The second kappa shape index (κ2) is 8.11. The highest BCUT2D eigenvalue weighted by Crippen LogP contribution is 2.36. The summed E-state index contributed by atoms with van der Waals surface area (Å²) in [5.74, 6) is 1.33. The Hall–Kier alpha value is -5.27. The molecule has 0 saturated carbocycles. The van der Waals surface area contributed by atoms with E-state index in [1.165, 1.54) is 4.70 Å². The van der Waals surface area contributed by atoms with E-state index in [0.29, 0.717) is 11.6 Å². The molecule has 0 amide bonds. The monoisotopic (exact) mass is 530 g/mol. The van der Waals surface area contributed by atoms with Gasteiger partial charge in [-0.3, -0.25) is 4.40 Å². The van der Waals surface area contributed by atoms with Gasteiger partial charge in [-0.2, -0.15) is 0 Å². The second-order valence-electron chi connectivity index (χ2n) is 9.83. The molecule has 5 aromatic carbocycles. The summed E-state index contributed by atoms with van der Waals surface area (Å²) in [6.07, 6.45) is 3.85. The van der Waals surface area contributed by atoms with Crippen molar-refractivity contribution >= 4 is 70.1 Å². The maximum absolute atomic E-state index is 5.15. The lowest BCUT2D eigenvalue weighted by Crippen LogP contribution is -1.96. The maximum Gasteiger partial charge on any atom is 0.195 e. The van der Waals surface area contributed by atoms with Gasteiger partial charge in [0.05, 0.1) is 21.3 Å². The van der Waals surface area contributed by atoms with Crippen LogP contribution in [0.5, 0.6) is 0 Å². The third-order valence-corrected chi connectivity index (χ3v) is 8.55. The summed E-state index contributed by atoms with van der Waals surface area (Å²) < 4.78 is 3.44. The summed E-state index contributed by atoms with van der Waals surface area (Å²) in [6.45, 7) is 0. The van der Waals surface area contributed by atoms with Gasteiger partial charge in [0.2, 0.25) is 0 Å². The number of benzene rings is 5. The van der Waals surface area contributed by atoms with Crippen molar-refractivity contribution in [1.29, 1.82) is 0 Å². The van der Waals surface area contributed by atoms with Gasteiger partial charge < -0.3 is 0 Å². The van der Waals surface area contributed by atoms with E-state index in [0.717, 1.165) is 65.2 Å². The molecule has 7 heteroatoms. The molecule has 0 bridgehead atoms. The normalized spacial score (nSPS) is 12.0. The number of hydrogen-bond donors (Lipinski definition) is 0. The standard InChI is InChI=1S/C33H18N6S/c1-2-8-19(9-3-1)31-34-17-23-21-10-4-5-11-22(21)24-18-35-32(38-30(24)29(23)37-31)20-14-15-25-27(16-20)39-26-12-6-7-13-28(26)40-33(39)36-25/h1-18H. The van der Waals surface area contributed by atoms with Crippen LogP contribution in [0.3, 0.4) is 0 Å². The van der Waals surface area contributed by atoms with E-state index in [9.17, 15) is 0 Å². The van der Waals surface area contributed by atoms with Crippen LogP contribution in [0.2, 0.25) is 0 Å². The van der Waals surface area contributed by atoms with E-state index in [4.69, 9.17) is 24.9 Å². The first-order chi connectivity index (χ1) is 19.8. The van der Waals surface area contributed by atoms with Crippen LogP contribution in [-0.2, 0) is 0 Å². The first-order valence-corrected chi connectivity index (χ1v) is 13.8. The average Bonchev–Trinajstić information content (AvgIpc) is 3.57. The summed E-state index contributed by atoms with van der Waals surface area (Å²) in [7, 11) is 0. The van der Waals surface area contributed by atoms with Crippen molar-refractivity contribution in [2.75, 3.05) is 0 Å². The number of fused-ring (bicyclic) bond motifs is 11. The van der Waals surface area contributed by atoms with Gasteiger partial charge in [-0.15, -0.1) is 0 Å². The number of nitrogens with zero attached hydrogens (tertiary/aromatic N) is 6. The number of aromatic nitrogens is 6. The van der Waals surface area contributed by atoms with Crippen LogP contribution in [0.25, 0.3) is 81.6 Å². The molecule has 0 aliphatic heterocycles. The Balaban J connectivity index is 1.32. The van der Waals surface area contributed by atoms with Crippen LogP contribution >= 0.6 is 11.3 Å². The SMILES string of the molecule is c1ccc(-c2ncc3c4ccccc4c4cnc(-c5ccc6nc7sc8ccccc8n7c6c5)nc4c3n2)cc1. The molecule has 9 aromatic rings. The summed E-state index contributed by atoms with van der Waals surface area (Å²) in [4.78, 5) is 25.6. The maximum atomic E-state index is 5.15. The van der Waals surface area contributed by atoms with Crippen LogP contribution in [0, 0.1) is 0 Å². The third kappa shape index (κ3) is 3.06. The fourth-order valence-corrected chi connectivity index (χ4v) is 6.70. The van der Waals surface area contributed by atoms with Gasteiger partial charge >= 0.3 is 0 Å². The molecular weight excluding hydrogens is 512 g/mol. The van der Waals surface area contributed by atoms with Crippen LogP contribution < -0.4 is 0 Å². The van der Waals surface area contributed by atoms with Crippen molar-refractivity contribution in [3.63, 3.8) is 0 Å². The number of thiazole rings is 1. The van der Waals surface area contributed by atoms with E-state index in [-0.39, 0.29) is 0 Å². The van der Waals surface area contributed by atoms with Gasteiger partial charge in [0.1, 0.15) is 11.0 Å². The van der Waals surface area contributed by atoms with Crippen LogP contribution in [0.15, 0.2) is 109 Å². The number of hydrogen-bond acceptors (Lipinski definition) is 6. The lowest BCUT2D eigenvalue weighted by molar-refractivity contribution is 1.21. The predicted molar refractivity (Wildman–Crippen MR) is 163 cm³/mol. The molecule has 0 atom stereocenters. The van der Waals surface area contributed by atoms with Gasteiger partial charge in [0.25, 0.3) is 0 Å². The molecule has 40 heavy (non-hydrogen) atoms. The summed E-state index contributed by atoms with van der Waals surface area (Å²) in [5, 5.41) is 4.13. The van der Waals surface area contributed by atoms with Gasteiger partial charge in [-0.25, -0.2) is 24.9 Å². The Morgan fingerprint density at radius 1 is 0.525 bits per heavy atom. The molecule has 9 rings (SSSR count). The second-order valence-corrected chi connectivity index (χ2v) is 10.8. The summed E-state index contributed by atoms with van der Waals surface area (Å²) >= 11 is 1.70. The quantitative estimate of drug-likeness (QED) is 0.211. The lowest BCUT2D eigenvalue weighted by Gasteiger charge is -2.11. The van der Waals surface area contributed by atoms with Gasteiger partial charge in [-0.05, 0) is 41.1 Å². The van der Waals surface area contributed by atoms with Crippen molar-refractivity contribution < 1.29 is 0 Å². The molecule has 0 radical (unpaired) electrons. The zero-order valence-corrected chi connectivity index (χ0v) is 21.8. The molecule has 0 spiro atoms. The van der Waals surface area contributed by atoms with Crippen molar-refractivity contribution in [1.82, 2.24) is 29.3 Å². The summed E-state index contributed by atoms with van der Waals surface area (Å²) in [6, 6.07) is 33.0. The number of imidazole rings is 1. The van der Waals surface area contributed by atoms with E-state index in [2.05, 4.69) is 59.0 Å². The van der Waals surface area contributed by atoms with Crippen molar-refractivity contribution in [2.45, 2.75) is 0 Å². The zero-order chi connectivity index (χ0) is 26.2. The Morgan fingerprint density at radius 2 is 1.18 bits per heavy atom. The van der Waals surface area contributed by atoms with E-state index >= 15 is 0 Å². The lowest BCUT2D eigenvalue weighted by atomic mass is 10.0. The fourth-order valence-electron chi connectivity index (χ4n) is 5.66. The molecule has 0 aliphatic carbocycles. The average molecular weight is 531 g/mol. The Morgan fingerprint density at radius 3 is 1.93 bits per heavy atom. The van der Waals surface area contributed by atoms with Gasteiger partial charge in [0.15, 0.2) is 16.6 Å². The van der Waals surface area contributed by atoms with E-state index < -0.39 is 0 Å². The fraction of sp³-hybridized carbons (Fsp3) is 0. The highest BCUT2D eigenvalue weighted by Gasteiger charge is 2.16. The first kappa shape index (κ1) is 21.6. The highest BCUT2D eigenvalue weighted by atomic mass is 32.1. The Labute approximate surface area is 231 Å². The van der Waals surface area contributed by atoms with E-state index in [1.54, 1.807) is 11.3 Å². The van der Waals surface area contributed by atoms with Gasteiger partial charge in [0, 0.05) is 34.3 Å². The predicted octanol–water partition coefficient (Wildman–Crippen LogP) is 8.08. The highest BCUT2D eigenvalue weighted by molar-refractivity contribution is 7.23. The number of para-hydroxylation sites is 1. The molecule has 0 N–H and O–H groups in total. The minimum atomic E-state index is 0.653. The largest absolute Gasteiger partial charge is 0.283 e. The molecule has 6 nitrogen and oxygen atoms in total. The minimum Gasteiger partial charge on any atom is -0.283 e.